The van der Waals surface area contributed by atoms with Gasteiger partial charge in [-0.2, -0.15) is 0 Å². The van der Waals surface area contributed by atoms with E-state index in [1.165, 1.54) is 10.9 Å². The van der Waals surface area contributed by atoms with Crippen LogP contribution in [0, 0.1) is 6.92 Å². The summed E-state index contributed by atoms with van der Waals surface area (Å²) >= 11 is 7.45. The van der Waals surface area contributed by atoms with E-state index in [1.807, 2.05) is 6.92 Å². The Morgan fingerprint density at radius 3 is 2.93 bits per heavy atom. The van der Waals surface area contributed by atoms with Crippen molar-refractivity contribution < 1.29 is 14.3 Å². The van der Waals surface area contributed by atoms with Gasteiger partial charge in [-0.1, -0.05) is 11.6 Å². The SMILES string of the molecule is Cc1cc(Cl)ccc1OCC(=O)OCc1cc(=O)n2c3c(sc2n1)CCCC3. The van der Waals surface area contributed by atoms with Crippen molar-refractivity contribution in [3.8, 4) is 5.75 Å². The van der Waals surface area contributed by atoms with Gasteiger partial charge in [0.2, 0.25) is 0 Å². The molecule has 0 saturated carbocycles. The zero-order valence-electron chi connectivity index (χ0n) is 15.4. The Balaban J connectivity index is 1.41. The first kappa shape index (κ1) is 19.0. The summed E-state index contributed by atoms with van der Waals surface area (Å²) in [6.45, 7) is 1.56. The molecule has 0 spiro atoms. The third kappa shape index (κ3) is 3.91. The van der Waals surface area contributed by atoms with Crippen LogP contribution >= 0.6 is 22.9 Å². The number of thiazole rings is 1. The molecule has 6 nitrogen and oxygen atoms in total. The first-order valence-electron chi connectivity index (χ1n) is 9.09. The van der Waals surface area contributed by atoms with Crippen LogP contribution in [-0.4, -0.2) is 22.0 Å². The molecule has 0 bridgehead atoms. The summed E-state index contributed by atoms with van der Waals surface area (Å²) in [7, 11) is 0. The van der Waals surface area contributed by atoms with E-state index >= 15 is 0 Å². The van der Waals surface area contributed by atoms with Crippen molar-refractivity contribution in [1.29, 1.82) is 0 Å². The van der Waals surface area contributed by atoms with Crippen molar-refractivity contribution in [2.24, 2.45) is 0 Å². The number of hydrogen-bond donors (Lipinski definition) is 0. The lowest BCUT2D eigenvalue weighted by atomic mass is 10.0. The van der Waals surface area contributed by atoms with Crippen LogP contribution in [0.5, 0.6) is 5.75 Å². The van der Waals surface area contributed by atoms with E-state index < -0.39 is 5.97 Å². The Kier molecular flexibility index (Phi) is 5.37. The Morgan fingerprint density at radius 2 is 2.11 bits per heavy atom. The molecule has 146 valence electrons. The second-order valence-electron chi connectivity index (χ2n) is 6.74. The van der Waals surface area contributed by atoms with E-state index in [9.17, 15) is 9.59 Å². The van der Waals surface area contributed by atoms with Gasteiger partial charge in [0, 0.05) is 21.7 Å². The third-order valence-electron chi connectivity index (χ3n) is 4.68. The fourth-order valence-electron chi connectivity index (χ4n) is 3.32. The molecule has 0 radical (unpaired) electrons. The number of hydrogen-bond acceptors (Lipinski definition) is 6. The number of carbonyl (C=O) groups is 1. The number of carbonyl (C=O) groups excluding carboxylic acids is 1. The summed E-state index contributed by atoms with van der Waals surface area (Å²) in [5.41, 5.74) is 2.24. The summed E-state index contributed by atoms with van der Waals surface area (Å²) in [6, 6.07) is 6.60. The Morgan fingerprint density at radius 1 is 1.29 bits per heavy atom. The largest absolute Gasteiger partial charge is 0.482 e. The summed E-state index contributed by atoms with van der Waals surface area (Å²) < 4.78 is 12.4. The Hall–Kier alpha value is -2.38. The average molecular weight is 419 g/mol. The molecule has 4 rings (SSSR count). The number of fused-ring (bicyclic) bond motifs is 3. The van der Waals surface area contributed by atoms with E-state index in [-0.39, 0.29) is 18.8 Å². The van der Waals surface area contributed by atoms with E-state index in [0.717, 1.165) is 36.9 Å². The predicted octanol–water partition coefficient (Wildman–Crippen LogP) is 3.72. The summed E-state index contributed by atoms with van der Waals surface area (Å²) in [6.07, 6.45) is 4.14. The average Bonchev–Trinajstić information content (AvgIpc) is 3.04. The minimum atomic E-state index is -0.526. The van der Waals surface area contributed by atoms with E-state index in [0.29, 0.717) is 21.4 Å². The van der Waals surface area contributed by atoms with Crippen molar-refractivity contribution in [2.75, 3.05) is 6.61 Å². The van der Waals surface area contributed by atoms with Crippen LogP contribution in [0.1, 0.15) is 34.7 Å². The molecule has 0 amide bonds. The van der Waals surface area contributed by atoms with Gasteiger partial charge in [0.25, 0.3) is 5.56 Å². The highest BCUT2D eigenvalue weighted by molar-refractivity contribution is 7.17. The standard InChI is InChI=1S/C20H19ClN2O4S/c1-12-8-13(21)6-7-16(12)26-11-19(25)27-10-14-9-18(24)23-15-4-2-3-5-17(15)28-20(23)22-14/h6-9H,2-5,10-11H2,1H3. The predicted molar refractivity (Wildman–Crippen MR) is 107 cm³/mol. The second-order valence-corrected chi connectivity index (χ2v) is 8.24. The minimum absolute atomic E-state index is 0.0594. The quantitative estimate of drug-likeness (QED) is 0.590. The molecule has 2 heterocycles. The van der Waals surface area contributed by atoms with Gasteiger partial charge >= 0.3 is 5.97 Å². The highest BCUT2D eigenvalue weighted by Gasteiger charge is 2.18. The maximum absolute atomic E-state index is 12.5. The maximum atomic E-state index is 12.5. The Labute approximate surface area is 170 Å². The molecule has 3 aromatic rings. The van der Waals surface area contributed by atoms with Crippen LogP contribution in [0.25, 0.3) is 4.96 Å². The van der Waals surface area contributed by atoms with Crippen LogP contribution < -0.4 is 10.3 Å². The van der Waals surface area contributed by atoms with Gasteiger partial charge in [0.15, 0.2) is 11.6 Å². The number of ether oxygens (including phenoxy) is 2. The van der Waals surface area contributed by atoms with Gasteiger partial charge in [0.05, 0.1) is 5.69 Å². The van der Waals surface area contributed by atoms with Crippen molar-refractivity contribution in [3.63, 3.8) is 0 Å². The van der Waals surface area contributed by atoms with Crippen LogP contribution in [0.3, 0.4) is 0 Å². The van der Waals surface area contributed by atoms with Crippen LogP contribution in [0.15, 0.2) is 29.1 Å². The number of rotatable bonds is 5. The lowest BCUT2D eigenvalue weighted by Gasteiger charge is -2.10. The minimum Gasteiger partial charge on any atom is -0.482 e. The van der Waals surface area contributed by atoms with E-state index in [1.54, 1.807) is 33.9 Å². The normalized spacial score (nSPS) is 13.4. The van der Waals surface area contributed by atoms with Gasteiger partial charge in [-0.15, -0.1) is 11.3 Å². The molecule has 1 aromatic carbocycles. The van der Waals surface area contributed by atoms with Crippen molar-refractivity contribution in [1.82, 2.24) is 9.38 Å². The molecule has 0 aliphatic heterocycles. The number of aryl methyl sites for hydroxylation is 3. The first-order chi connectivity index (χ1) is 13.5. The third-order valence-corrected chi connectivity index (χ3v) is 6.06. The van der Waals surface area contributed by atoms with Crippen LogP contribution in [-0.2, 0) is 29.0 Å². The zero-order valence-corrected chi connectivity index (χ0v) is 16.9. The van der Waals surface area contributed by atoms with Gasteiger partial charge < -0.3 is 9.47 Å². The number of aromatic nitrogens is 2. The maximum Gasteiger partial charge on any atom is 0.344 e. The number of halogens is 1. The number of nitrogens with zero attached hydrogens (tertiary/aromatic N) is 2. The van der Waals surface area contributed by atoms with Gasteiger partial charge in [-0.25, -0.2) is 9.78 Å². The molecule has 0 N–H and O–H groups in total. The Bertz CT molecular complexity index is 1110. The van der Waals surface area contributed by atoms with Crippen molar-refractivity contribution in [2.45, 2.75) is 39.2 Å². The first-order valence-corrected chi connectivity index (χ1v) is 10.3. The van der Waals surface area contributed by atoms with E-state index in [4.69, 9.17) is 21.1 Å². The zero-order chi connectivity index (χ0) is 19.7. The molecule has 0 unspecified atom stereocenters. The van der Waals surface area contributed by atoms with Crippen molar-refractivity contribution >= 4 is 33.9 Å². The monoisotopic (exact) mass is 418 g/mol. The number of benzene rings is 1. The molecular weight excluding hydrogens is 400 g/mol. The van der Waals surface area contributed by atoms with Gasteiger partial charge in [0.1, 0.15) is 12.4 Å². The highest BCUT2D eigenvalue weighted by atomic mass is 35.5. The topological polar surface area (TPSA) is 69.9 Å². The molecule has 0 saturated heterocycles. The van der Waals surface area contributed by atoms with Gasteiger partial charge in [-0.05, 0) is 56.4 Å². The second kappa shape index (κ2) is 7.93. The smallest absolute Gasteiger partial charge is 0.344 e. The van der Waals surface area contributed by atoms with Crippen molar-refractivity contribution in [3.05, 3.63) is 61.5 Å². The molecule has 1 aliphatic rings. The highest BCUT2D eigenvalue weighted by Crippen LogP contribution is 2.28. The lowest BCUT2D eigenvalue weighted by molar-refractivity contribution is -0.147. The van der Waals surface area contributed by atoms with Crippen LogP contribution in [0.2, 0.25) is 5.02 Å². The molecule has 1 aliphatic carbocycles. The van der Waals surface area contributed by atoms with E-state index in [2.05, 4.69) is 4.98 Å². The summed E-state index contributed by atoms with van der Waals surface area (Å²) in [5.74, 6) is 0.0464. The molecule has 2 aromatic heterocycles. The lowest BCUT2D eigenvalue weighted by Crippen LogP contribution is -2.20. The molecule has 8 heteroatoms. The summed E-state index contributed by atoms with van der Waals surface area (Å²) in [5, 5.41) is 0.607. The molecule has 0 fully saturated rings. The molecule has 28 heavy (non-hydrogen) atoms. The molecule has 0 atom stereocenters. The van der Waals surface area contributed by atoms with Crippen LogP contribution in [0.4, 0.5) is 0 Å². The molecular formula is C20H19ClN2O4S. The fourth-order valence-corrected chi connectivity index (χ4v) is 4.78. The van der Waals surface area contributed by atoms with Gasteiger partial charge in [-0.3, -0.25) is 9.20 Å². The summed E-state index contributed by atoms with van der Waals surface area (Å²) in [4.78, 5) is 30.9. The fraction of sp³-hybridized carbons (Fsp3) is 0.350. The number of esters is 1.